The van der Waals surface area contributed by atoms with Crippen LogP contribution in [0.3, 0.4) is 0 Å². The van der Waals surface area contributed by atoms with Crippen molar-refractivity contribution in [2.45, 2.75) is 32.2 Å². The Kier molecular flexibility index (Phi) is 5.62. The molecule has 1 heterocycles. The lowest BCUT2D eigenvalue weighted by atomic mass is 10.0. The van der Waals surface area contributed by atoms with Gasteiger partial charge in [0.15, 0.2) is 0 Å². The molecule has 2 rings (SSSR count). The smallest absolute Gasteiger partial charge is 0.253 e. The predicted octanol–water partition coefficient (Wildman–Crippen LogP) is 2.36. The minimum atomic E-state index is 0.152. The van der Waals surface area contributed by atoms with E-state index in [1.165, 1.54) is 5.69 Å². The third-order valence-corrected chi connectivity index (χ3v) is 4.23. The molecule has 1 fully saturated rings. The number of anilines is 1. The fourth-order valence-corrected chi connectivity index (χ4v) is 2.90. The van der Waals surface area contributed by atoms with Crippen LogP contribution in [0.25, 0.3) is 0 Å². The third kappa shape index (κ3) is 3.97. The highest BCUT2D eigenvalue weighted by atomic mass is 16.2. The largest absolute Gasteiger partial charge is 0.375 e. The van der Waals surface area contributed by atoms with Gasteiger partial charge in [-0.25, -0.2) is 0 Å². The van der Waals surface area contributed by atoms with E-state index in [-0.39, 0.29) is 5.91 Å². The molecule has 1 atom stereocenters. The summed E-state index contributed by atoms with van der Waals surface area (Å²) >= 11 is 0. The number of nitrogens with one attached hydrogen (secondary N) is 1. The van der Waals surface area contributed by atoms with Crippen molar-refractivity contribution in [1.29, 1.82) is 0 Å². The summed E-state index contributed by atoms with van der Waals surface area (Å²) in [4.78, 5) is 16.7. The summed E-state index contributed by atoms with van der Waals surface area (Å²) in [5.41, 5.74) is 1.96. The first kappa shape index (κ1) is 15.8. The van der Waals surface area contributed by atoms with E-state index in [0.717, 1.165) is 44.5 Å². The molecule has 1 aromatic rings. The topological polar surface area (TPSA) is 35.6 Å². The van der Waals surface area contributed by atoms with Gasteiger partial charge in [0, 0.05) is 44.0 Å². The van der Waals surface area contributed by atoms with Crippen LogP contribution in [-0.4, -0.2) is 50.6 Å². The lowest BCUT2D eigenvalue weighted by Gasteiger charge is -2.32. The molecule has 0 radical (unpaired) electrons. The van der Waals surface area contributed by atoms with Crippen LogP contribution in [0, 0.1) is 0 Å². The quantitative estimate of drug-likeness (QED) is 0.904. The third-order valence-electron chi connectivity index (χ3n) is 4.23. The van der Waals surface area contributed by atoms with Crippen LogP contribution in [0.4, 0.5) is 5.69 Å². The fraction of sp³-hybridized carbons (Fsp3) is 0.588. The molecule has 116 valence electrons. The summed E-state index contributed by atoms with van der Waals surface area (Å²) in [6.07, 6.45) is 3.35. The summed E-state index contributed by atoms with van der Waals surface area (Å²) in [5, 5.41) is 3.28. The van der Waals surface area contributed by atoms with E-state index in [4.69, 9.17) is 0 Å². The Morgan fingerprint density at radius 3 is 2.71 bits per heavy atom. The highest BCUT2D eigenvalue weighted by Gasteiger charge is 2.23. The SMILES string of the molecule is CCCN(C)c1ccc(C(=O)N2CCCC(NC)C2)cc1. The molecule has 21 heavy (non-hydrogen) atoms. The normalized spacial score (nSPS) is 18.6. The first-order valence-electron chi connectivity index (χ1n) is 7.93. The molecule has 1 aromatic carbocycles. The van der Waals surface area contributed by atoms with Crippen LogP contribution >= 0.6 is 0 Å². The van der Waals surface area contributed by atoms with E-state index in [1.807, 2.05) is 36.2 Å². The highest BCUT2D eigenvalue weighted by Crippen LogP contribution is 2.17. The number of nitrogens with zero attached hydrogens (tertiary/aromatic N) is 2. The maximum atomic E-state index is 12.6. The van der Waals surface area contributed by atoms with Gasteiger partial charge in [0.2, 0.25) is 0 Å². The molecule has 1 aliphatic heterocycles. The molecule has 1 unspecified atom stereocenters. The van der Waals surface area contributed by atoms with E-state index >= 15 is 0 Å². The van der Waals surface area contributed by atoms with Gasteiger partial charge in [-0.3, -0.25) is 4.79 Å². The van der Waals surface area contributed by atoms with Crippen molar-refractivity contribution in [3.05, 3.63) is 29.8 Å². The number of likely N-dealkylation sites (tertiary alicyclic amines) is 1. The van der Waals surface area contributed by atoms with E-state index in [2.05, 4.69) is 24.2 Å². The van der Waals surface area contributed by atoms with Crippen molar-refractivity contribution in [1.82, 2.24) is 10.2 Å². The lowest BCUT2D eigenvalue weighted by Crippen LogP contribution is -2.46. The molecule has 4 nitrogen and oxygen atoms in total. The van der Waals surface area contributed by atoms with Crippen LogP contribution in [0.2, 0.25) is 0 Å². The molecule has 1 amide bonds. The van der Waals surface area contributed by atoms with Gasteiger partial charge in [0.05, 0.1) is 0 Å². The van der Waals surface area contributed by atoms with Crippen molar-refractivity contribution in [2.24, 2.45) is 0 Å². The summed E-state index contributed by atoms with van der Waals surface area (Å²) in [5.74, 6) is 0.152. The highest BCUT2D eigenvalue weighted by molar-refractivity contribution is 5.94. The Balaban J connectivity index is 2.02. The summed E-state index contributed by atoms with van der Waals surface area (Å²) in [6.45, 7) is 4.88. The zero-order valence-electron chi connectivity index (χ0n) is 13.4. The average Bonchev–Trinajstić information content (AvgIpc) is 2.54. The summed E-state index contributed by atoms with van der Waals surface area (Å²) in [7, 11) is 4.06. The van der Waals surface area contributed by atoms with Crippen molar-refractivity contribution < 1.29 is 4.79 Å². The maximum Gasteiger partial charge on any atom is 0.253 e. The number of benzene rings is 1. The second kappa shape index (κ2) is 7.46. The molecule has 4 heteroatoms. The molecular weight excluding hydrogens is 262 g/mol. The Labute approximate surface area is 128 Å². The van der Waals surface area contributed by atoms with Gasteiger partial charge >= 0.3 is 0 Å². The van der Waals surface area contributed by atoms with Crippen LogP contribution in [0.15, 0.2) is 24.3 Å². The molecular formula is C17H27N3O. The van der Waals surface area contributed by atoms with Crippen LogP contribution in [-0.2, 0) is 0 Å². The van der Waals surface area contributed by atoms with Gasteiger partial charge in [0.25, 0.3) is 5.91 Å². The Bertz CT molecular complexity index is 458. The summed E-state index contributed by atoms with van der Waals surface area (Å²) in [6, 6.07) is 8.42. The summed E-state index contributed by atoms with van der Waals surface area (Å²) < 4.78 is 0. The Hall–Kier alpha value is -1.55. The van der Waals surface area contributed by atoms with Crippen molar-refractivity contribution in [3.8, 4) is 0 Å². The van der Waals surface area contributed by atoms with E-state index < -0.39 is 0 Å². The first-order chi connectivity index (χ1) is 10.2. The standard InChI is InChI=1S/C17H27N3O/c1-4-11-19(3)16-9-7-14(8-10-16)17(21)20-12-5-6-15(13-20)18-2/h7-10,15,18H,4-6,11-13H2,1-3H3. The molecule has 0 aromatic heterocycles. The number of likely N-dealkylation sites (N-methyl/N-ethyl adjacent to an activating group) is 1. The molecule has 1 aliphatic rings. The van der Waals surface area contributed by atoms with Crippen molar-refractivity contribution in [2.75, 3.05) is 38.6 Å². The van der Waals surface area contributed by atoms with E-state index in [0.29, 0.717) is 6.04 Å². The minimum absolute atomic E-state index is 0.152. The predicted molar refractivity (Wildman–Crippen MR) is 88.0 cm³/mol. The molecule has 1 N–H and O–H groups in total. The van der Waals surface area contributed by atoms with Gasteiger partial charge in [-0.1, -0.05) is 6.92 Å². The minimum Gasteiger partial charge on any atom is -0.375 e. The fourth-order valence-electron chi connectivity index (χ4n) is 2.90. The van der Waals surface area contributed by atoms with E-state index in [9.17, 15) is 4.79 Å². The van der Waals surface area contributed by atoms with Crippen LogP contribution in [0.1, 0.15) is 36.5 Å². The van der Waals surface area contributed by atoms with E-state index in [1.54, 1.807) is 0 Å². The zero-order chi connectivity index (χ0) is 15.2. The molecule has 0 spiro atoms. The number of hydrogen-bond donors (Lipinski definition) is 1. The number of piperidine rings is 1. The van der Waals surface area contributed by atoms with Crippen molar-refractivity contribution in [3.63, 3.8) is 0 Å². The van der Waals surface area contributed by atoms with Gasteiger partial charge in [-0.2, -0.15) is 0 Å². The Morgan fingerprint density at radius 2 is 2.10 bits per heavy atom. The second-order valence-corrected chi connectivity index (χ2v) is 5.85. The number of hydrogen-bond acceptors (Lipinski definition) is 3. The molecule has 0 aliphatic carbocycles. The number of rotatable bonds is 5. The van der Waals surface area contributed by atoms with Crippen molar-refractivity contribution >= 4 is 11.6 Å². The Morgan fingerprint density at radius 1 is 1.38 bits per heavy atom. The van der Waals surface area contributed by atoms with Gasteiger partial charge < -0.3 is 15.1 Å². The number of carbonyl (C=O) groups excluding carboxylic acids is 1. The molecule has 1 saturated heterocycles. The monoisotopic (exact) mass is 289 g/mol. The van der Waals surface area contributed by atoms with Crippen LogP contribution < -0.4 is 10.2 Å². The molecule has 0 saturated carbocycles. The lowest BCUT2D eigenvalue weighted by molar-refractivity contribution is 0.0698. The number of carbonyl (C=O) groups is 1. The zero-order valence-corrected chi connectivity index (χ0v) is 13.4. The van der Waals surface area contributed by atoms with Gasteiger partial charge in [0.1, 0.15) is 0 Å². The maximum absolute atomic E-state index is 12.6. The molecule has 0 bridgehead atoms. The van der Waals surface area contributed by atoms with Gasteiger partial charge in [-0.15, -0.1) is 0 Å². The average molecular weight is 289 g/mol. The first-order valence-corrected chi connectivity index (χ1v) is 7.93. The van der Waals surface area contributed by atoms with Crippen LogP contribution in [0.5, 0.6) is 0 Å². The van der Waals surface area contributed by atoms with Gasteiger partial charge in [-0.05, 0) is 50.6 Å². The second-order valence-electron chi connectivity index (χ2n) is 5.85. The number of amides is 1.